The van der Waals surface area contributed by atoms with Crippen molar-refractivity contribution >= 4 is 27.8 Å². The van der Waals surface area contributed by atoms with Crippen molar-refractivity contribution in [2.45, 2.75) is 19.2 Å². The molecule has 0 saturated heterocycles. The highest BCUT2D eigenvalue weighted by Crippen LogP contribution is 2.07. The molecule has 14 heavy (non-hydrogen) atoms. The fraction of sp³-hybridized carbons (Fsp3) is 0.625. The van der Waals surface area contributed by atoms with Gasteiger partial charge in [-0.3, -0.25) is 0 Å². The highest BCUT2D eigenvalue weighted by Gasteiger charge is 2.03. The van der Waals surface area contributed by atoms with Gasteiger partial charge in [0.1, 0.15) is 5.82 Å². The van der Waals surface area contributed by atoms with E-state index in [4.69, 9.17) is 0 Å². The first kappa shape index (κ1) is 11.2. The lowest BCUT2D eigenvalue weighted by Gasteiger charge is -2.06. The van der Waals surface area contributed by atoms with Gasteiger partial charge in [-0.2, -0.15) is 15.0 Å². The summed E-state index contributed by atoms with van der Waals surface area (Å²) in [6.07, 6.45) is 0. The van der Waals surface area contributed by atoms with E-state index in [1.54, 1.807) is 0 Å². The SMILES string of the molecule is CCNc1nc(CBr)nc(NCC)n1. The smallest absolute Gasteiger partial charge is 0.227 e. The van der Waals surface area contributed by atoms with E-state index in [0.717, 1.165) is 18.9 Å². The molecule has 0 aliphatic rings. The summed E-state index contributed by atoms with van der Waals surface area (Å²) in [6, 6.07) is 0. The highest BCUT2D eigenvalue weighted by molar-refractivity contribution is 9.08. The van der Waals surface area contributed by atoms with Gasteiger partial charge in [-0.25, -0.2) is 0 Å². The standard InChI is InChI=1S/C8H14BrN5/c1-3-10-7-12-6(5-9)13-8(14-7)11-4-2/h3-5H2,1-2H3,(H2,10,11,12,13,14). The molecule has 0 fully saturated rings. The maximum atomic E-state index is 4.20. The van der Waals surface area contributed by atoms with Crippen LogP contribution in [0, 0.1) is 0 Å². The van der Waals surface area contributed by atoms with Gasteiger partial charge < -0.3 is 10.6 Å². The van der Waals surface area contributed by atoms with Crippen LogP contribution in [-0.2, 0) is 5.33 Å². The molecule has 0 radical (unpaired) electrons. The number of halogens is 1. The van der Waals surface area contributed by atoms with Crippen LogP contribution in [0.1, 0.15) is 19.7 Å². The normalized spacial score (nSPS) is 9.93. The summed E-state index contributed by atoms with van der Waals surface area (Å²) < 4.78 is 0. The molecule has 0 spiro atoms. The van der Waals surface area contributed by atoms with E-state index in [0.29, 0.717) is 17.2 Å². The molecule has 0 bridgehead atoms. The molecule has 6 heteroatoms. The first-order chi connectivity index (χ1) is 6.80. The van der Waals surface area contributed by atoms with Gasteiger partial charge in [-0.15, -0.1) is 0 Å². The molecule has 0 aliphatic carbocycles. The van der Waals surface area contributed by atoms with Gasteiger partial charge in [0, 0.05) is 13.1 Å². The Morgan fingerprint density at radius 1 is 1.00 bits per heavy atom. The Morgan fingerprint density at radius 3 is 1.86 bits per heavy atom. The molecular formula is C8H14BrN5. The third-order valence-corrected chi connectivity index (χ3v) is 1.97. The van der Waals surface area contributed by atoms with Crippen LogP contribution < -0.4 is 10.6 Å². The van der Waals surface area contributed by atoms with E-state index in [1.165, 1.54) is 0 Å². The van der Waals surface area contributed by atoms with Crippen molar-refractivity contribution in [2.24, 2.45) is 0 Å². The predicted octanol–water partition coefficient (Wildman–Crippen LogP) is 1.63. The average molecular weight is 260 g/mol. The van der Waals surface area contributed by atoms with Crippen LogP contribution in [0.5, 0.6) is 0 Å². The molecule has 0 unspecified atom stereocenters. The third-order valence-electron chi connectivity index (χ3n) is 1.47. The zero-order chi connectivity index (χ0) is 10.4. The Balaban J connectivity index is 2.88. The first-order valence-corrected chi connectivity index (χ1v) is 5.71. The van der Waals surface area contributed by atoms with Crippen molar-refractivity contribution in [3.63, 3.8) is 0 Å². The Kier molecular flexibility index (Phi) is 4.58. The first-order valence-electron chi connectivity index (χ1n) is 4.58. The molecule has 1 aromatic rings. The minimum Gasteiger partial charge on any atom is -0.354 e. The Morgan fingerprint density at radius 2 is 1.50 bits per heavy atom. The summed E-state index contributed by atoms with van der Waals surface area (Å²) in [7, 11) is 0. The maximum absolute atomic E-state index is 4.20. The number of hydrogen-bond donors (Lipinski definition) is 2. The summed E-state index contributed by atoms with van der Waals surface area (Å²) in [5, 5.41) is 6.75. The second-order valence-electron chi connectivity index (χ2n) is 2.59. The number of hydrogen-bond acceptors (Lipinski definition) is 5. The van der Waals surface area contributed by atoms with Gasteiger partial charge in [0.2, 0.25) is 11.9 Å². The molecule has 78 valence electrons. The average Bonchev–Trinajstić information content (AvgIpc) is 2.18. The largest absolute Gasteiger partial charge is 0.354 e. The molecule has 0 atom stereocenters. The van der Waals surface area contributed by atoms with Gasteiger partial charge in [0.15, 0.2) is 0 Å². The van der Waals surface area contributed by atoms with Crippen LogP contribution >= 0.6 is 15.9 Å². The van der Waals surface area contributed by atoms with Gasteiger partial charge >= 0.3 is 0 Å². The lowest BCUT2D eigenvalue weighted by molar-refractivity contribution is 0.945. The van der Waals surface area contributed by atoms with Crippen LogP contribution in [-0.4, -0.2) is 28.0 Å². The summed E-state index contributed by atoms with van der Waals surface area (Å²) in [6.45, 7) is 5.61. The van der Waals surface area contributed by atoms with Gasteiger partial charge in [0.25, 0.3) is 0 Å². The van der Waals surface area contributed by atoms with E-state index in [-0.39, 0.29) is 0 Å². The molecule has 5 nitrogen and oxygen atoms in total. The monoisotopic (exact) mass is 259 g/mol. The second-order valence-corrected chi connectivity index (χ2v) is 3.15. The van der Waals surface area contributed by atoms with Crippen LogP contribution in [0.2, 0.25) is 0 Å². The molecule has 1 heterocycles. The summed E-state index contributed by atoms with van der Waals surface area (Å²) in [5.74, 6) is 1.97. The van der Waals surface area contributed by atoms with Crippen LogP contribution in [0.25, 0.3) is 0 Å². The minimum atomic E-state index is 0.618. The minimum absolute atomic E-state index is 0.618. The number of aromatic nitrogens is 3. The molecule has 0 aromatic carbocycles. The lowest BCUT2D eigenvalue weighted by Crippen LogP contribution is -2.10. The quantitative estimate of drug-likeness (QED) is 0.788. The van der Waals surface area contributed by atoms with Gasteiger partial charge in [-0.1, -0.05) is 15.9 Å². The van der Waals surface area contributed by atoms with Crippen LogP contribution in [0.3, 0.4) is 0 Å². The Labute approximate surface area is 91.9 Å². The Hall–Kier alpha value is -0.910. The number of anilines is 2. The number of nitrogens with zero attached hydrogens (tertiary/aromatic N) is 3. The van der Waals surface area contributed by atoms with E-state index in [9.17, 15) is 0 Å². The maximum Gasteiger partial charge on any atom is 0.227 e. The lowest BCUT2D eigenvalue weighted by atomic mass is 10.6. The molecule has 0 saturated carbocycles. The third kappa shape index (κ3) is 3.10. The number of alkyl halides is 1. The van der Waals surface area contributed by atoms with Gasteiger partial charge in [-0.05, 0) is 13.8 Å². The summed E-state index contributed by atoms with van der Waals surface area (Å²) >= 11 is 3.32. The van der Waals surface area contributed by atoms with Crippen LogP contribution in [0.4, 0.5) is 11.9 Å². The molecular weight excluding hydrogens is 246 g/mol. The molecule has 1 aromatic heterocycles. The van der Waals surface area contributed by atoms with Crippen molar-refractivity contribution in [1.29, 1.82) is 0 Å². The predicted molar refractivity (Wildman–Crippen MR) is 60.8 cm³/mol. The van der Waals surface area contributed by atoms with E-state index in [1.807, 2.05) is 13.8 Å². The topological polar surface area (TPSA) is 62.7 Å². The summed E-state index contributed by atoms with van der Waals surface area (Å²) in [4.78, 5) is 12.6. The van der Waals surface area contributed by atoms with Crippen molar-refractivity contribution < 1.29 is 0 Å². The van der Waals surface area contributed by atoms with Crippen LogP contribution in [0.15, 0.2) is 0 Å². The summed E-state index contributed by atoms with van der Waals surface area (Å²) in [5.41, 5.74) is 0. The van der Waals surface area contributed by atoms with E-state index >= 15 is 0 Å². The Bertz CT molecular complexity index is 267. The second kappa shape index (κ2) is 5.74. The molecule has 0 aliphatic heterocycles. The number of rotatable bonds is 5. The highest BCUT2D eigenvalue weighted by atomic mass is 79.9. The zero-order valence-corrected chi connectivity index (χ0v) is 9.93. The zero-order valence-electron chi connectivity index (χ0n) is 8.34. The fourth-order valence-corrected chi connectivity index (χ4v) is 1.20. The van der Waals surface area contributed by atoms with E-state index in [2.05, 4.69) is 41.5 Å². The molecule has 1 rings (SSSR count). The van der Waals surface area contributed by atoms with E-state index < -0.39 is 0 Å². The van der Waals surface area contributed by atoms with Gasteiger partial charge in [0.05, 0.1) is 5.33 Å². The molecule has 0 amide bonds. The van der Waals surface area contributed by atoms with Crippen molar-refractivity contribution in [3.8, 4) is 0 Å². The van der Waals surface area contributed by atoms with Crippen molar-refractivity contribution in [3.05, 3.63) is 5.82 Å². The number of nitrogens with one attached hydrogen (secondary N) is 2. The van der Waals surface area contributed by atoms with Crippen molar-refractivity contribution in [1.82, 2.24) is 15.0 Å². The molecule has 2 N–H and O–H groups in total. The van der Waals surface area contributed by atoms with Crippen molar-refractivity contribution in [2.75, 3.05) is 23.7 Å². The fourth-order valence-electron chi connectivity index (χ4n) is 0.954.